The minimum Gasteiger partial charge on any atom is -0.492 e. The number of aromatic carboxylic acids is 1. The largest absolute Gasteiger partial charge is 0.492 e. The van der Waals surface area contributed by atoms with Crippen LogP contribution >= 0.6 is 0 Å². The lowest BCUT2D eigenvalue weighted by atomic mass is 10.1. The van der Waals surface area contributed by atoms with E-state index in [2.05, 4.69) is 18.7 Å². The van der Waals surface area contributed by atoms with Gasteiger partial charge in [0.15, 0.2) is 0 Å². The van der Waals surface area contributed by atoms with E-state index in [9.17, 15) is 4.79 Å². The van der Waals surface area contributed by atoms with Gasteiger partial charge >= 0.3 is 5.97 Å². The van der Waals surface area contributed by atoms with Gasteiger partial charge < -0.3 is 20.5 Å². The number of likely N-dealkylation sites (N-methyl/N-ethyl adjacent to an activating group) is 1. The fourth-order valence-electron chi connectivity index (χ4n) is 1.21. The molecule has 1 rings (SSSR count). The van der Waals surface area contributed by atoms with Gasteiger partial charge in [-0.05, 0) is 40.1 Å². The van der Waals surface area contributed by atoms with E-state index in [-0.39, 0.29) is 16.8 Å². The highest BCUT2D eigenvalue weighted by atomic mass is 16.5. The summed E-state index contributed by atoms with van der Waals surface area (Å²) in [5, 5.41) is 8.86. The summed E-state index contributed by atoms with van der Waals surface area (Å²) in [5.74, 6) is -0.458. The maximum absolute atomic E-state index is 10.8. The third-order valence-corrected chi connectivity index (χ3v) is 3.06. The average Bonchev–Trinajstić information content (AvgIpc) is 2.25. The van der Waals surface area contributed by atoms with Crippen LogP contribution in [0.4, 0.5) is 5.69 Å². The highest BCUT2D eigenvalue weighted by Gasteiger charge is 2.21. The van der Waals surface area contributed by atoms with Gasteiger partial charge in [-0.25, -0.2) is 4.79 Å². The molecule has 5 heteroatoms. The molecule has 0 aliphatic rings. The first-order valence-electron chi connectivity index (χ1n) is 5.67. The summed E-state index contributed by atoms with van der Waals surface area (Å²) >= 11 is 0. The van der Waals surface area contributed by atoms with E-state index in [1.54, 1.807) is 6.07 Å². The number of anilines is 1. The van der Waals surface area contributed by atoms with Gasteiger partial charge in [0.05, 0.1) is 5.56 Å². The summed E-state index contributed by atoms with van der Waals surface area (Å²) in [6.07, 6.45) is 0. The van der Waals surface area contributed by atoms with E-state index in [4.69, 9.17) is 15.6 Å². The Labute approximate surface area is 107 Å². The third kappa shape index (κ3) is 3.37. The molecule has 0 bridgehead atoms. The van der Waals surface area contributed by atoms with Crippen molar-refractivity contribution in [3.05, 3.63) is 23.8 Å². The number of carboxylic acids is 1. The smallest absolute Gasteiger partial charge is 0.337 e. The number of carboxylic acid groups (broad SMARTS) is 1. The molecule has 5 nitrogen and oxygen atoms in total. The molecule has 0 saturated carbocycles. The van der Waals surface area contributed by atoms with Crippen molar-refractivity contribution in [1.29, 1.82) is 0 Å². The zero-order valence-corrected chi connectivity index (χ0v) is 11.2. The topological polar surface area (TPSA) is 75.8 Å². The molecule has 0 radical (unpaired) electrons. The van der Waals surface area contributed by atoms with E-state index < -0.39 is 5.97 Å². The monoisotopic (exact) mass is 252 g/mol. The fourth-order valence-corrected chi connectivity index (χ4v) is 1.21. The van der Waals surface area contributed by atoms with Gasteiger partial charge in [-0.15, -0.1) is 0 Å². The van der Waals surface area contributed by atoms with Crippen LogP contribution in [0, 0.1) is 0 Å². The molecule has 0 heterocycles. The zero-order valence-electron chi connectivity index (χ0n) is 11.2. The standard InChI is InChI=1S/C13H20N2O3/c1-13(2,15(3)4)8-18-9-5-6-10(12(16)17)11(14)7-9/h5-7H,8,14H2,1-4H3,(H,16,17). The Morgan fingerprint density at radius 1 is 1.44 bits per heavy atom. The first-order valence-corrected chi connectivity index (χ1v) is 5.67. The molecule has 0 aliphatic carbocycles. The number of nitrogens with two attached hydrogens (primary N) is 1. The van der Waals surface area contributed by atoms with Crippen molar-refractivity contribution in [2.45, 2.75) is 19.4 Å². The molecule has 0 aliphatic heterocycles. The number of hydrogen-bond acceptors (Lipinski definition) is 4. The predicted octanol–water partition coefficient (Wildman–Crippen LogP) is 1.69. The zero-order chi connectivity index (χ0) is 13.9. The van der Waals surface area contributed by atoms with E-state index in [1.165, 1.54) is 12.1 Å². The van der Waals surface area contributed by atoms with Crippen LogP contribution < -0.4 is 10.5 Å². The van der Waals surface area contributed by atoms with Crippen molar-refractivity contribution < 1.29 is 14.6 Å². The fraction of sp³-hybridized carbons (Fsp3) is 0.462. The average molecular weight is 252 g/mol. The van der Waals surface area contributed by atoms with Crippen LogP contribution in [0.5, 0.6) is 5.75 Å². The third-order valence-electron chi connectivity index (χ3n) is 3.06. The van der Waals surface area contributed by atoms with Gasteiger partial charge in [0.2, 0.25) is 0 Å². The molecule has 1 aromatic carbocycles. The summed E-state index contributed by atoms with van der Waals surface area (Å²) < 4.78 is 5.63. The molecule has 100 valence electrons. The van der Waals surface area contributed by atoms with Gasteiger partial charge in [0, 0.05) is 17.3 Å². The lowest BCUT2D eigenvalue weighted by Crippen LogP contribution is -2.43. The van der Waals surface area contributed by atoms with Crippen LogP contribution in [0.1, 0.15) is 24.2 Å². The van der Waals surface area contributed by atoms with Crippen molar-refractivity contribution >= 4 is 11.7 Å². The van der Waals surface area contributed by atoms with Gasteiger partial charge in [-0.1, -0.05) is 0 Å². The summed E-state index contributed by atoms with van der Waals surface area (Å²) in [7, 11) is 3.95. The quantitative estimate of drug-likeness (QED) is 0.780. The lowest BCUT2D eigenvalue weighted by Gasteiger charge is -2.32. The SMILES string of the molecule is CN(C)C(C)(C)COc1ccc(C(=O)O)c(N)c1. The Balaban J connectivity index is 2.76. The second kappa shape index (κ2) is 5.27. The first kappa shape index (κ1) is 14.3. The van der Waals surface area contributed by atoms with Crippen LogP contribution in [0.3, 0.4) is 0 Å². The minimum atomic E-state index is -1.03. The van der Waals surface area contributed by atoms with E-state index in [0.29, 0.717) is 12.4 Å². The van der Waals surface area contributed by atoms with Gasteiger partial charge in [-0.2, -0.15) is 0 Å². The van der Waals surface area contributed by atoms with E-state index in [1.807, 2.05) is 14.1 Å². The summed E-state index contributed by atoms with van der Waals surface area (Å²) in [4.78, 5) is 12.9. The molecule has 0 amide bonds. The molecule has 0 saturated heterocycles. The Morgan fingerprint density at radius 2 is 2.06 bits per heavy atom. The maximum Gasteiger partial charge on any atom is 0.337 e. The number of nitrogens with zero attached hydrogens (tertiary/aromatic N) is 1. The molecule has 0 atom stereocenters. The molecular weight excluding hydrogens is 232 g/mol. The van der Waals surface area contributed by atoms with Crippen molar-refractivity contribution in [3.8, 4) is 5.75 Å². The van der Waals surface area contributed by atoms with Crippen molar-refractivity contribution in [2.75, 3.05) is 26.4 Å². The Morgan fingerprint density at radius 3 is 2.50 bits per heavy atom. The molecule has 18 heavy (non-hydrogen) atoms. The lowest BCUT2D eigenvalue weighted by molar-refractivity contribution is 0.0698. The Hall–Kier alpha value is -1.75. The molecule has 0 spiro atoms. The molecule has 0 aromatic heterocycles. The molecule has 0 fully saturated rings. The van der Waals surface area contributed by atoms with Gasteiger partial charge in [-0.3, -0.25) is 0 Å². The second-order valence-electron chi connectivity index (χ2n) is 5.05. The summed E-state index contributed by atoms with van der Waals surface area (Å²) in [5.41, 5.74) is 5.84. The number of benzene rings is 1. The van der Waals surface area contributed by atoms with Crippen molar-refractivity contribution in [1.82, 2.24) is 4.90 Å². The second-order valence-corrected chi connectivity index (χ2v) is 5.05. The summed E-state index contributed by atoms with van der Waals surface area (Å²) in [6.45, 7) is 4.61. The minimum absolute atomic E-state index is 0.0919. The number of ether oxygens (including phenoxy) is 1. The molecule has 0 unspecified atom stereocenters. The molecule has 3 N–H and O–H groups in total. The number of rotatable bonds is 5. The predicted molar refractivity (Wildman–Crippen MR) is 71.1 cm³/mol. The number of nitrogen functional groups attached to an aromatic ring is 1. The normalized spacial score (nSPS) is 11.6. The highest BCUT2D eigenvalue weighted by Crippen LogP contribution is 2.21. The van der Waals surface area contributed by atoms with Gasteiger partial charge in [0.1, 0.15) is 12.4 Å². The van der Waals surface area contributed by atoms with Crippen LogP contribution in [-0.4, -0.2) is 42.2 Å². The molecular formula is C13H20N2O3. The van der Waals surface area contributed by atoms with E-state index >= 15 is 0 Å². The van der Waals surface area contributed by atoms with Crippen molar-refractivity contribution in [2.24, 2.45) is 0 Å². The maximum atomic E-state index is 10.8. The Bertz CT molecular complexity index is 442. The van der Waals surface area contributed by atoms with Crippen LogP contribution in [0.25, 0.3) is 0 Å². The molecule has 1 aromatic rings. The van der Waals surface area contributed by atoms with Crippen LogP contribution in [-0.2, 0) is 0 Å². The van der Waals surface area contributed by atoms with E-state index in [0.717, 1.165) is 0 Å². The van der Waals surface area contributed by atoms with Crippen molar-refractivity contribution in [3.63, 3.8) is 0 Å². The number of hydrogen-bond donors (Lipinski definition) is 2. The summed E-state index contributed by atoms with van der Waals surface area (Å²) in [6, 6.07) is 4.61. The van der Waals surface area contributed by atoms with Crippen LogP contribution in [0.15, 0.2) is 18.2 Å². The van der Waals surface area contributed by atoms with Crippen LogP contribution in [0.2, 0.25) is 0 Å². The Kier molecular flexibility index (Phi) is 4.19. The number of carbonyl (C=O) groups is 1. The van der Waals surface area contributed by atoms with Gasteiger partial charge in [0.25, 0.3) is 0 Å². The highest BCUT2D eigenvalue weighted by molar-refractivity contribution is 5.93. The first-order chi connectivity index (χ1) is 8.24.